The molecule has 0 aliphatic heterocycles. The number of aliphatic imine (C=N–C) groups is 1. The second-order valence-electron chi connectivity index (χ2n) is 6.27. The van der Waals surface area contributed by atoms with Crippen molar-refractivity contribution in [3.8, 4) is 0 Å². The van der Waals surface area contributed by atoms with Gasteiger partial charge in [0.15, 0.2) is 5.96 Å². The van der Waals surface area contributed by atoms with Crippen molar-refractivity contribution in [3.05, 3.63) is 34.9 Å². The molecule has 9 heteroatoms. The second-order valence-corrected chi connectivity index (χ2v) is 8.63. The Labute approximate surface area is 178 Å². The van der Waals surface area contributed by atoms with Gasteiger partial charge in [0, 0.05) is 31.7 Å². The van der Waals surface area contributed by atoms with Gasteiger partial charge in [-0.3, -0.25) is 4.99 Å². The molecule has 0 bridgehead atoms. The number of hydrogen-bond donors (Lipinski definition) is 3. The lowest BCUT2D eigenvalue weighted by Crippen LogP contribution is -2.42. The molecule has 1 saturated carbocycles. The van der Waals surface area contributed by atoms with E-state index in [2.05, 4.69) is 20.3 Å². The molecule has 148 valence electrons. The number of hydrogen-bond acceptors (Lipinski definition) is 3. The topological polar surface area (TPSA) is 82.6 Å². The van der Waals surface area contributed by atoms with Gasteiger partial charge in [0.1, 0.15) is 0 Å². The van der Waals surface area contributed by atoms with Crippen molar-refractivity contribution < 1.29 is 8.42 Å². The summed E-state index contributed by atoms with van der Waals surface area (Å²) in [4.78, 5) is 4.11. The van der Waals surface area contributed by atoms with E-state index >= 15 is 0 Å². The third-order valence-corrected chi connectivity index (χ3v) is 5.92. The van der Waals surface area contributed by atoms with E-state index in [9.17, 15) is 8.42 Å². The van der Waals surface area contributed by atoms with Gasteiger partial charge in [-0.2, -0.15) is 0 Å². The van der Waals surface area contributed by atoms with Crippen molar-refractivity contribution in [2.45, 2.75) is 25.7 Å². The molecule has 0 spiro atoms. The minimum atomic E-state index is -3.23. The molecule has 0 heterocycles. The number of sulfonamides is 1. The van der Waals surface area contributed by atoms with Crippen LogP contribution >= 0.6 is 35.6 Å². The monoisotopic (exact) mass is 514 g/mol. The van der Waals surface area contributed by atoms with Crippen LogP contribution in [-0.2, 0) is 16.4 Å². The summed E-state index contributed by atoms with van der Waals surface area (Å²) >= 11 is 5.86. The summed E-state index contributed by atoms with van der Waals surface area (Å²) in [6, 6.07) is 7.71. The van der Waals surface area contributed by atoms with E-state index in [0.29, 0.717) is 31.5 Å². The zero-order valence-corrected chi connectivity index (χ0v) is 18.9. The van der Waals surface area contributed by atoms with Gasteiger partial charge in [-0.05, 0) is 42.9 Å². The summed E-state index contributed by atoms with van der Waals surface area (Å²) in [5, 5.41) is 6.94. The van der Waals surface area contributed by atoms with Crippen molar-refractivity contribution in [2.24, 2.45) is 10.9 Å². The van der Waals surface area contributed by atoms with E-state index < -0.39 is 10.0 Å². The van der Waals surface area contributed by atoms with E-state index in [4.69, 9.17) is 11.6 Å². The van der Waals surface area contributed by atoms with E-state index in [1.807, 2.05) is 24.3 Å². The lowest BCUT2D eigenvalue weighted by Gasteiger charge is -2.25. The van der Waals surface area contributed by atoms with Crippen LogP contribution in [-0.4, -0.2) is 46.8 Å². The molecule has 6 nitrogen and oxygen atoms in total. The number of guanidine groups is 1. The molecule has 3 N–H and O–H groups in total. The number of benzene rings is 1. The molecule has 1 aliphatic rings. The smallest absolute Gasteiger partial charge is 0.213 e. The van der Waals surface area contributed by atoms with Crippen molar-refractivity contribution in [1.82, 2.24) is 15.4 Å². The summed E-state index contributed by atoms with van der Waals surface area (Å²) in [5.74, 6) is 1.16. The number of rotatable bonds is 9. The highest BCUT2D eigenvalue weighted by atomic mass is 127. The van der Waals surface area contributed by atoms with Gasteiger partial charge in [-0.25, -0.2) is 13.1 Å². The largest absolute Gasteiger partial charge is 0.356 e. The fourth-order valence-electron chi connectivity index (χ4n) is 2.51. The zero-order chi connectivity index (χ0) is 18.1. The standard InChI is InChI=1S/C17H27ClN4O2S.HI/c1-19-17(20-10-9-14-5-7-16(18)8-6-14)21-11-12-25(23,24)22-13-15-3-2-4-15;/h5-8,15,22H,2-4,9-13H2,1H3,(H2,19,20,21);1H. The molecule has 0 unspecified atom stereocenters. The minimum absolute atomic E-state index is 0. The molecule has 1 fully saturated rings. The summed E-state index contributed by atoms with van der Waals surface area (Å²) in [5.41, 5.74) is 1.18. The summed E-state index contributed by atoms with van der Waals surface area (Å²) in [7, 11) is -1.56. The average Bonchev–Trinajstić information content (AvgIpc) is 2.53. The first-order chi connectivity index (χ1) is 12.0. The molecule has 1 aliphatic carbocycles. The highest BCUT2D eigenvalue weighted by Crippen LogP contribution is 2.25. The Morgan fingerprint density at radius 2 is 1.85 bits per heavy atom. The van der Waals surface area contributed by atoms with E-state index in [-0.39, 0.29) is 29.7 Å². The van der Waals surface area contributed by atoms with Gasteiger partial charge in [-0.1, -0.05) is 30.2 Å². The third-order valence-electron chi connectivity index (χ3n) is 4.32. The quantitative estimate of drug-likeness (QED) is 0.268. The summed E-state index contributed by atoms with van der Waals surface area (Å²) in [6.45, 7) is 1.59. The van der Waals surface area contributed by atoms with Gasteiger partial charge in [0.05, 0.1) is 5.75 Å². The number of nitrogens with zero attached hydrogens (tertiary/aromatic N) is 1. The second kappa shape index (κ2) is 12.0. The summed E-state index contributed by atoms with van der Waals surface area (Å²) in [6.07, 6.45) is 4.31. The Hall–Kier alpha value is -0.580. The fourth-order valence-corrected chi connectivity index (χ4v) is 3.65. The Morgan fingerprint density at radius 3 is 2.42 bits per heavy atom. The molecule has 0 atom stereocenters. The highest BCUT2D eigenvalue weighted by Gasteiger charge is 2.19. The van der Waals surface area contributed by atoms with Crippen LogP contribution in [0.25, 0.3) is 0 Å². The first kappa shape index (κ1) is 23.5. The van der Waals surface area contributed by atoms with Crippen LogP contribution < -0.4 is 15.4 Å². The maximum absolute atomic E-state index is 11.9. The van der Waals surface area contributed by atoms with Crippen LogP contribution in [0.5, 0.6) is 0 Å². The Balaban J connectivity index is 0.00000338. The van der Waals surface area contributed by atoms with E-state index in [1.165, 1.54) is 12.0 Å². The van der Waals surface area contributed by atoms with Crippen LogP contribution in [0.15, 0.2) is 29.3 Å². The van der Waals surface area contributed by atoms with Crippen LogP contribution in [0.3, 0.4) is 0 Å². The molecule has 0 radical (unpaired) electrons. The molecule has 1 aromatic rings. The van der Waals surface area contributed by atoms with Crippen LogP contribution in [0.4, 0.5) is 0 Å². The lowest BCUT2D eigenvalue weighted by molar-refractivity contribution is 0.316. The summed E-state index contributed by atoms with van der Waals surface area (Å²) < 4.78 is 26.6. The first-order valence-electron chi connectivity index (χ1n) is 8.65. The van der Waals surface area contributed by atoms with Gasteiger partial charge < -0.3 is 10.6 Å². The molecule has 0 amide bonds. The van der Waals surface area contributed by atoms with Crippen LogP contribution in [0.2, 0.25) is 5.02 Å². The predicted molar refractivity (Wildman–Crippen MR) is 119 cm³/mol. The Bertz CT molecular complexity index is 664. The van der Waals surface area contributed by atoms with Crippen LogP contribution in [0, 0.1) is 5.92 Å². The van der Waals surface area contributed by atoms with Gasteiger partial charge >= 0.3 is 0 Å². The van der Waals surface area contributed by atoms with Crippen molar-refractivity contribution in [1.29, 1.82) is 0 Å². The molecular formula is C17H28ClIN4O2S. The molecular weight excluding hydrogens is 487 g/mol. The van der Waals surface area contributed by atoms with Crippen molar-refractivity contribution in [3.63, 3.8) is 0 Å². The van der Waals surface area contributed by atoms with Gasteiger partial charge in [-0.15, -0.1) is 24.0 Å². The van der Waals surface area contributed by atoms with E-state index in [0.717, 1.165) is 24.3 Å². The molecule has 1 aromatic carbocycles. The van der Waals surface area contributed by atoms with Gasteiger partial charge in [0.25, 0.3) is 0 Å². The zero-order valence-electron chi connectivity index (χ0n) is 15.0. The van der Waals surface area contributed by atoms with Crippen LogP contribution in [0.1, 0.15) is 24.8 Å². The number of nitrogens with one attached hydrogen (secondary N) is 3. The van der Waals surface area contributed by atoms with Gasteiger partial charge in [0.2, 0.25) is 10.0 Å². The maximum Gasteiger partial charge on any atom is 0.213 e. The Morgan fingerprint density at radius 1 is 1.19 bits per heavy atom. The third kappa shape index (κ3) is 8.88. The molecule has 26 heavy (non-hydrogen) atoms. The van der Waals surface area contributed by atoms with Crippen molar-refractivity contribution in [2.75, 3.05) is 32.4 Å². The minimum Gasteiger partial charge on any atom is -0.356 e. The normalized spacial score (nSPS) is 15.1. The van der Waals surface area contributed by atoms with E-state index in [1.54, 1.807) is 7.05 Å². The SMILES string of the molecule is CN=C(NCCc1ccc(Cl)cc1)NCCS(=O)(=O)NCC1CCC1.I. The maximum atomic E-state index is 11.9. The predicted octanol–water partition coefficient (Wildman–Crippen LogP) is 2.39. The molecule has 0 aromatic heterocycles. The van der Waals surface area contributed by atoms with Crippen molar-refractivity contribution >= 4 is 51.6 Å². The first-order valence-corrected chi connectivity index (χ1v) is 10.7. The molecule has 0 saturated heterocycles. The molecule has 2 rings (SSSR count). The average molecular weight is 515 g/mol. The number of halogens is 2. The fraction of sp³-hybridized carbons (Fsp3) is 0.588. The lowest BCUT2D eigenvalue weighted by atomic mass is 9.86. The highest BCUT2D eigenvalue weighted by molar-refractivity contribution is 14.0. The Kier molecular flexibility index (Phi) is 10.8.